The standard InChI is InChI=1S/C17H20ClN3O6S/c1-3-13(22)10-21(16(23)9-14-8-11(2)19-27-14)17(24)20-28(25,26)15-6-4-12(18)5-7-15/h4-8,13,22H,3,9-10H2,1-2H3,(H,20,24)/t13-/m1/s1. The number of benzene rings is 1. The van der Waals surface area contributed by atoms with Crippen molar-refractivity contribution in [1.29, 1.82) is 0 Å². The van der Waals surface area contributed by atoms with Gasteiger partial charge in [-0.1, -0.05) is 23.7 Å². The Kier molecular flexibility index (Phi) is 7.17. The number of hydrogen-bond acceptors (Lipinski definition) is 7. The second-order valence-corrected chi connectivity index (χ2v) is 8.16. The number of aromatic nitrogens is 1. The first-order valence-electron chi connectivity index (χ1n) is 8.35. The number of aryl methyl sites for hydroxylation is 1. The van der Waals surface area contributed by atoms with Crippen LogP contribution in [0.15, 0.2) is 39.8 Å². The van der Waals surface area contributed by atoms with Crippen molar-refractivity contribution in [3.05, 3.63) is 46.8 Å². The average molecular weight is 430 g/mol. The maximum Gasteiger partial charge on any atom is 0.338 e. The highest BCUT2D eigenvalue weighted by atomic mass is 35.5. The minimum absolute atomic E-state index is 0.195. The summed E-state index contributed by atoms with van der Waals surface area (Å²) in [6.45, 7) is 2.96. The van der Waals surface area contributed by atoms with Gasteiger partial charge in [0.05, 0.1) is 29.7 Å². The molecule has 1 aromatic carbocycles. The third-order valence-corrected chi connectivity index (χ3v) is 5.35. The van der Waals surface area contributed by atoms with Crippen molar-refractivity contribution in [2.45, 2.75) is 37.7 Å². The first-order valence-corrected chi connectivity index (χ1v) is 10.2. The summed E-state index contributed by atoms with van der Waals surface area (Å²) in [6.07, 6.45) is -1.06. The Morgan fingerprint density at radius 2 is 1.96 bits per heavy atom. The molecule has 2 aromatic rings. The normalized spacial score (nSPS) is 12.4. The number of sulfonamides is 1. The van der Waals surface area contributed by atoms with Gasteiger partial charge in [-0.25, -0.2) is 17.9 Å². The lowest BCUT2D eigenvalue weighted by Gasteiger charge is -2.23. The van der Waals surface area contributed by atoms with Crippen molar-refractivity contribution in [2.75, 3.05) is 6.54 Å². The molecule has 3 amide bonds. The molecule has 1 aromatic heterocycles. The van der Waals surface area contributed by atoms with E-state index in [9.17, 15) is 23.1 Å². The van der Waals surface area contributed by atoms with E-state index in [2.05, 4.69) is 5.16 Å². The van der Waals surface area contributed by atoms with Gasteiger partial charge in [-0.05, 0) is 37.6 Å². The average Bonchev–Trinajstić information content (AvgIpc) is 3.03. The highest BCUT2D eigenvalue weighted by Crippen LogP contribution is 2.14. The minimum atomic E-state index is -4.24. The van der Waals surface area contributed by atoms with Crippen molar-refractivity contribution in [3.63, 3.8) is 0 Å². The van der Waals surface area contributed by atoms with E-state index >= 15 is 0 Å². The summed E-state index contributed by atoms with van der Waals surface area (Å²) in [6, 6.07) is 5.51. The quantitative estimate of drug-likeness (QED) is 0.687. The lowest BCUT2D eigenvalue weighted by Crippen LogP contribution is -2.49. The summed E-state index contributed by atoms with van der Waals surface area (Å²) in [5.74, 6) is -0.528. The number of halogens is 1. The van der Waals surface area contributed by atoms with Crippen LogP contribution >= 0.6 is 11.6 Å². The van der Waals surface area contributed by atoms with Crippen LogP contribution in [0.2, 0.25) is 5.02 Å². The summed E-state index contributed by atoms with van der Waals surface area (Å²) in [5.41, 5.74) is 0.553. The Morgan fingerprint density at radius 1 is 1.32 bits per heavy atom. The molecule has 0 aliphatic rings. The summed E-state index contributed by atoms with van der Waals surface area (Å²) in [5, 5.41) is 13.9. The molecule has 0 aliphatic heterocycles. The Morgan fingerprint density at radius 3 is 2.50 bits per heavy atom. The van der Waals surface area contributed by atoms with Crippen LogP contribution in [0.4, 0.5) is 4.79 Å². The predicted octanol–water partition coefficient (Wildman–Crippen LogP) is 1.88. The molecule has 11 heteroatoms. The van der Waals surface area contributed by atoms with Crippen LogP contribution in [0.5, 0.6) is 0 Å². The maximum atomic E-state index is 12.5. The molecule has 0 aliphatic carbocycles. The number of rotatable bonds is 7. The Hall–Kier alpha value is -2.43. The van der Waals surface area contributed by atoms with Crippen LogP contribution in [0.25, 0.3) is 0 Å². The van der Waals surface area contributed by atoms with Gasteiger partial charge in [0.25, 0.3) is 10.0 Å². The molecule has 1 atom stereocenters. The zero-order valence-corrected chi connectivity index (χ0v) is 16.8. The molecule has 0 bridgehead atoms. The van der Waals surface area contributed by atoms with Crippen LogP contribution in [0.1, 0.15) is 24.8 Å². The van der Waals surface area contributed by atoms with E-state index in [0.717, 1.165) is 0 Å². The van der Waals surface area contributed by atoms with Crippen LogP contribution in [0.3, 0.4) is 0 Å². The third-order valence-electron chi connectivity index (χ3n) is 3.76. The fourth-order valence-corrected chi connectivity index (χ4v) is 3.30. The molecule has 152 valence electrons. The Balaban J connectivity index is 2.20. The van der Waals surface area contributed by atoms with E-state index in [0.29, 0.717) is 15.6 Å². The highest BCUT2D eigenvalue weighted by Gasteiger charge is 2.28. The third kappa shape index (κ3) is 5.78. The molecular formula is C17H20ClN3O6S. The Bertz CT molecular complexity index is 942. The first kappa shape index (κ1) is 21.9. The lowest BCUT2D eigenvalue weighted by atomic mass is 10.2. The molecule has 0 saturated heterocycles. The summed E-state index contributed by atoms with van der Waals surface area (Å²) in [4.78, 5) is 25.5. The van der Waals surface area contributed by atoms with E-state index in [4.69, 9.17) is 16.1 Å². The van der Waals surface area contributed by atoms with Crippen LogP contribution in [-0.2, 0) is 21.2 Å². The van der Waals surface area contributed by atoms with E-state index in [-0.39, 0.29) is 30.0 Å². The van der Waals surface area contributed by atoms with E-state index < -0.39 is 28.1 Å². The van der Waals surface area contributed by atoms with Crippen LogP contribution < -0.4 is 4.72 Å². The number of aliphatic hydroxyl groups excluding tert-OH is 1. The second kappa shape index (κ2) is 9.18. The van der Waals surface area contributed by atoms with Crippen molar-refractivity contribution in [3.8, 4) is 0 Å². The summed E-state index contributed by atoms with van der Waals surface area (Å²) in [7, 11) is -4.24. The smallest absolute Gasteiger partial charge is 0.338 e. The number of amides is 3. The zero-order chi connectivity index (χ0) is 20.9. The molecule has 2 N–H and O–H groups in total. The van der Waals surface area contributed by atoms with E-state index in [1.165, 1.54) is 30.3 Å². The predicted molar refractivity (Wildman–Crippen MR) is 100 cm³/mol. The summed E-state index contributed by atoms with van der Waals surface area (Å²) < 4.78 is 31.6. The van der Waals surface area contributed by atoms with Gasteiger partial charge in [0.15, 0.2) is 0 Å². The summed E-state index contributed by atoms with van der Waals surface area (Å²) >= 11 is 5.73. The topological polar surface area (TPSA) is 130 Å². The molecule has 2 rings (SSSR count). The van der Waals surface area contributed by atoms with Crippen molar-refractivity contribution in [1.82, 2.24) is 14.8 Å². The number of nitrogens with zero attached hydrogens (tertiary/aromatic N) is 2. The minimum Gasteiger partial charge on any atom is -0.391 e. The fourth-order valence-electron chi connectivity index (χ4n) is 2.22. The van der Waals surface area contributed by atoms with Gasteiger partial charge in [0, 0.05) is 11.1 Å². The van der Waals surface area contributed by atoms with Crippen molar-refractivity contribution in [2.24, 2.45) is 0 Å². The van der Waals surface area contributed by atoms with Gasteiger partial charge in [-0.3, -0.25) is 9.69 Å². The van der Waals surface area contributed by atoms with E-state index in [1.807, 2.05) is 4.72 Å². The molecule has 0 fully saturated rings. The molecule has 0 saturated carbocycles. The largest absolute Gasteiger partial charge is 0.391 e. The SMILES string of the molecule is CC[C@@H](O)CN(C(=O)Cc1cc(C)no1)C(=O)NS(=O)(=O)c1ccc(Cl)cc1. The van der Waals surface area contributed by atoms with Gasteiger partial charge < -0.3 is 9.63 Å². The maximum absolute atomic E-state index is 12.5. The number of nitrogens with one attached hydrogen (secondary N) is 1. The van der Waals surface area contributed by atoms with Gasteiger partial charge in [0.1, 0.15) is 5.76 Å². The van der Waals surface area contributed by atoms with Crippen molar-refractivity contribution >= 4 is 33.6 Å². The molecule has 0 radical (unpaired) electrons. The van der Waals surface area contributed by atoms with Gasteiger partial charge in [-0.2, -0.15) is 0 Å². The number of carbonyl (C=O) groups excluding carboxylic acids is 2. The molecule has 0 unspecified atom stereocenters. The van der Waals surface area contributed by atoms with E-state index in [1.54, 1.807) is 13.8 Å². The molecular weight excluding hydrogens is 410 g/mol. The van der Waals surface area contributed by atoms with Gasteiger partial charge in [0.2, 0.25) is 5.91 Å². The molecule has 0 spiro atoms. The van der Waals surface area contributed by atoms with Gasteiger partial charge >= 0.3 is 6.03 Å². The monoisotopic (exact) mass is 429 g/mol. The molecule has 9 nitrogen and oxygen atoms in total. The zero-order valence-electron chi connectivity index (χ0n) is 15.3. The number of carbonyl (C=O) groups is 2. The number of hydrogen-bond donors (Lipinski definition) is 2. The fraction of sp³-hybridized carbons (Fsp3) is 0.353. The van der Waals surface area contributed by atoms with Crippen LogP contribution in [0, 0.1) is 6.92 Å². The van der Waals surface area contributed by atoms with Crippen LogP contribution in [-0.4, -0.2) is 48.2 Å². The number of imide groups is 1. The number of aliphatic hydroxyl groups is 1. The highest BCUT2D eigenvalue weighted by molar-refractivity contribution is 7.90. The second-order valence-electron chi connectivity index (χ2n) is 6.04. The Labute approximate surface area is 167 Å². The first-order chi connectivity index (χ1) is 13.1. The molecule has 28 heavy (non-hydrogen) atoms. The molecule has 1 heterocycles. The van der Waals surface area contributed by atoms with Gasteiger partial charge in [-0.15, -0.1) is 0 Å². The number of urea groups is 1. The lowest BCUT2D eigenvalue weighted by molar-refractivity contribution is -0.128. The van der Waals surface area contributed by atoms with Crippen molar-refractivity contribution < 1.29 is 27.6 Å².